The summed E-state index contributed by atoms with van der Waals surface area (Å²) in [5, 5.41) is 10.0. The van der Waals surface area contributed by atoms with E-state index in [0.29, 0.717) is 0 Å². The van der Waals surface area contributed by atoms with Gasteiger partial charge in [0.2, 0.25) is 0 Å². The van der Waals surface area contributed by atoms with E-state index in [4.69, 9.17) is 0 Å². The van der Waals surface area contributed by atoms with Gasteiger partial charge in [0.1, 0.15) is 0 Å². The molecular weight excluding hydrogens is 749 g/mol. The Morgan fingerprint density at radius 3 is 1.50 bits per heavy atom. The number of fused-ring (bicyclic) bond motifs is 7. The van der Waals surface area contributed by atoms with E-state index in [1.54, 1.807) is 0 Å². The van der Waals surface area contributed by atoms with Crippen molar-refractivity contribution in [3.8, 4) is 39.1 Å². The van der Waals surface area contributed by atoms with Gasteiger partial charge in [-0.2, -0.15) is 0 Å². The number of benzene rings is 11. The Kier molecular flexibility index (Phi) is 8.53. The lowest BCUT2D eigenvalue weighted by molar-refractivity contribution is 1.17. The molecule has 0 radical (unpaired) electrons. The van der Waals surface area contributed by atoms with Crippen molar-refractivity contribution >= 4 is 71.2 Å². The summed E-state index contributed by atoms with van der Waals surface area (Å²) in [4.78, 5) is 2.43. The predicted molar refractivity (Wildman–Crippen MR) is 264 cm³/mol. The van der Waals surface area contributed by atoms with Crippen LogP contribution in [0.1, 0.15) is 0 Å². The van der Waals surface area contributed by atoms with Crippen LogP contribution in [0.2, 0.25) is 0 Å². The van der Waals surface area contributed by atoms with Crippen molar-refractivity contribution in [2.75, 3.05) is 4.90 Å². The van der Waals surface area contributed by atoms with Gasteiger partial charge in [0.05, 0.1) is 16.7 Å². The molecule has 0 bridgehead atoms. The van der Waals surface area contributed by atoms with Gasteiger partial charge in [-0.15, -0.1) is 0 Å². The van der Waals surface area contributed by atoms with Gasteiger partial charge in [0.25, 0.3) is 0 Å². The third kappa shape index (κ3) is 6.12. The quantitative estimate of drug-likeness (QED) is 0.146. The molecule has 1 aromatic heterocycles. The van der Waals surface area contributed by atoms with Crippen LogP contribution in [0.25, 0.3) is 93.2 Å². The highest BCUT2D eigenvalue weighted by atomic mass is 15.1. The summed E-state index contributed by atoms with van der Waals surface area (Å²) in [5.41, 5.74) is 13.8. The van der Waals surface area contributed by atoms with Crippen LogP contribution in [-0.4, -0.2) is 4.57 Å². The molecule has 12 rings (SSSR count). The molecule has 0 saturated carbocycles. The fourth-order valence-corrected chi connectivity index (χ4v) is 9.50. The molecule has 2 heteroatoms. The molecule has 0 fully saturated rings. The zero-order chi connectivity index (χ0) is 41.0. The Morgan fingerprint density at radius 1 is 0.274 bits per heavy atom. The van der Waals surface area contributed by atoms with Gasteiger partial charge in [-0.05, 0) is 127 Å². The van der Waals surface area contributed by atoms with Crippen molar-refractivity contribution in [2.45, 2.75) is 0 Å². The van der Waals surface area contributed by atoms with Crippen LogP contribution in [0, 0.1) is 0 Å². The third-order valence-corrected chi connectivity index (χ3v) is 12.6. The average Bonchev–Trinajstić information content (AvgIpc) is 3.69. The predicted octanol–water partition coefficient (Wildman–Crippen LogP) is 16.7. The van der Waals surface area contributed by atoms with Gasteiger partial charge in [0, 0.05) is 33.4 Å². The Hall–Kier alpha value is -8.20. The Labute approximate surface area is 360 Å². The lowest BCUT2D eigenvalue weighted by atomic mass is 9.95. The number of anilines is 3. The SMILES string of the molecule is c1ccc(-c2ccc(-c3ccc4ccccc4c3)cc2N(c2ccc(-c3ccc4c(ccc5ccccc54)c3)cc2)c2ccc(-n3c4ccccc4c4ccccc43)cc2)cc1. The van der Waals surface area contributed by atoms with Crippen LogP contribution in [-0.2, 0) is 0 Å². The van der Waals surface area contributed by atoms with E-state index in [2.05, 4.69) is 252 Å². The topological polar surface area (TPSA) is 8.17 Å². The highest BCUT2D eigenvalue weighted by Crippen LogP contribution is 2.44. The van der Waals surface area contributed by atoms with E-state index in [-0.39, 0.29) is 0 Å². The Bertz CT molecular complexity index is 3560. The van der Waals surface area contributed by atoms with E-state index in [1.165, 1.54) is 76.4 Å². The standard InChI is InChI=1S/C60H40N2/c1-2-13-43(14-3-1)55-37-29-48(47-24-22-41-12-4-5-16-45(41)38-47)40-60(55)61(51-32-34-52(35-33-51)62-58-20-10-8-18-56(58)57-19-9-11-21-59(57)62)50-30-26-42(27-31-50)46-28-36-54-49(39-46)25-23-44-15-6-7-17-53(44)54/h1-40H. The first-order chi connectivity index (χ1) is 30.7. The Morgan fingerprint density at radius 2 is 0.758 bits per heavy atom. The van der Waals surface area contributed by atoms with Gasteiger partial charge in [-0.3, -0.25) is 0 Å². The van der Waals surface area contributed by atoms with Crippen LogP contribution in [0.15, 0.2) is 243 Å². The molecule has 11 aromatic carbocycles. The van der Waals surface area contributed by atoms with Crippen molar-refractivity contribution in [3.63, 3.8) is 0 Å². The molecule has 0 aliphatic rings. The van der Waals surface area contributed by atoms with Gasteiger partial charge in [-0.1, -0.05) is 176 Å². The van der Waals surface area contributed by atoms with Gasteiger partial charge in [-0.25, -0.2) is 0 Å². The van der Waals surface area contributed by atoms with Crippen LogP contribution >= 0.6 is 0 Å². The summed E-state index contributed by atoms with van der Waals surface area (Å²) in [7, 11) is 0. The monoisotopic (exact) mass is 788 g/mol. The van der Waals surface area contributed by atoms with Crippen molar-refractivity contribution < 1.29 is 0 Å². The molecule has 0 atom stereocenters. The van der Waals surface area contributed by atoms with Crippen LogP contribution < -0.4 is 4.90 Å². The first kappa shape index (κ1) is 35.7. The normalized spacial score (nSPS) is 11.5. The average molecular weight is 789 g/mol. The molecule has 1 heterocycles. The fraction of sp³-hybridized carbons (Fsp3) is 0. The maximum Gasteiger partial charge on any atom is 0.0546 e. The zero-order valence-corrected chi connectivity index (χ0v) is 34.0. The second-order valence-electron chi connectivity index (χ2n) is 16.2. The van der Waals surface area contributed by atoms with Gasteiger partial charge in [0.15, 0.2) is 0 Å². The highest BCUT2D eigenvalue weighted by Gasteiger charge is 2.20. The summed E-state index contributed by atoms with van der Waals surface area (Å²) < 4.78 is 2.38. The molecule has 0 spiro atoms. The summed E-state index contributed by atoms with van der Waals surface area (Å²) in [6, 6.07) is 88.6. The maximum absolute atomic E-state index is 2.43. The second-order valence-corrected chi connectivity index (χ2v) is 16.2. The van der Waals surface area contributed by atoms with E-state index in [0.717, 1.165) is 33.9 Å². The van der Waals surface area contributed by atoms with Crippen molar-refractivity contribution in [2.24, 2.45) is 0 Å². The van der Waals surface area contributed by atoms with Crippen molar-refractivity contribution in [3.05, 3.63) is 243 Å². The van der Waals surface area contributed by atoms with E-state index >= 15 is 0 Å². The molecule has 62 heavy (non-hydrogen) atoms. The van der Waals surface area contributed by atoms with Gasteiger partial charge >= 0.3 is 0 Å². The van der Waals surface area contributed by atoms with Crippen LogP contribution in [0.4, 0.5) is 17.1 Å². The minimum absolute atomic E-state index is 1.08. The van der Waals surface area contributed by atoms with Crippen LogP contribution in [0.3, 0.4) is 0 Å². The lowest BCUT2D eigenvalue weighted by Crippen LogP contribution is -2.11. The fourth-order valence-electron chi connectivity index (χ4n) is 9.50. The van der Waals surface area contributed by atoms with Crippen molar-refractivity contribution in [1.82, 2.24) is 4.57 Å². The molecule has 0 aliphatic heterocycles. The molecule has 0 amide bonds. The molecule has 0 unspecified atom stereocenters. The number of hydrogen-bond acceptors (Lipinski definition) is 1. The Balaban J connectivity index is 1.03. The minimum Gasteiger partial charge on any atom is -0.310 e. The van der Waals surface area contributed by atoms with E-state index < -0.39 is 0 Å². The number of nitrogens with zero attached hydrogens (tertiary/aromatic N) is 2. The summed E-state index contributed by atoms with van der Waals surface area (Å²) in [5.74, 6) is 0. The van der Waals surface area contributed by atoms with E-state index in [9.17, 15) is 0 Å². The molecular formula is C60H40N2. The smallest absolute Gasteiger partial charge is 0.0546 e. The van der Waals surface area contributed by atoms with Crippen LogP contribution in [0.5, 0.6) is 0 Å². The minimum atomic E-state index is 1.08. The summed E-state index contributed by atoms with van der Waals surface area (Å²) in [6.45, 7) is 0. The lowest BCUT2D eigenvalue weighted by Gasteiger charge is -2.29. The highest BCUT2D eigenvalue weighted by molar-refractivity contribution is 6.10. The largest absolute Gasteiger partial charge is 0.310 e. The van der Waals surface area contributed by atoms with E-state index in [1.807, 2.05) is 0 Å². The molecule has 290 valence electrons. The zero-order valence-electron chi connectivity index (χ0n) is 34.0. The third-order valence-electron chi connectivity index (χ3n) is 12.6. The molecule has 0 saturated heterocycles. The molecule has 0 aliphatic carbocycles. The maximum atomic E-state index is 2.43. The van der Waals surface area contributed by atoms with Gasteiger partial charge < -0.3 is 9.47 Å². The second kappa shape index (κ2) is 14.8. The molecule has 0 N–H and O–H groups in total. The molecule has 2 nitrogen and oxygen atoms in total. The number of hydrogen-bond donors (Lipinski definition) is 0. The first-order valence-corrected chi connectivity index (χ1v) is 21.3. The first-order valence-electron chi connectivity index (χ1n) is 21.3. The molecule has 12 aromatic rings. The summed E-state index contributed by atoms with van der Waals surface area (Å²) in [6.07, 6.45) is 0. The number of aromatic nitrogens is 1. The number of para-hydroxylation sites is 2. The van der Waals surface area contributed by atoms with Crippen molar-refractivity contribution in [1.29, 1.82) is 0 Å². The summed E-state index contributed by atoms with van der Waals surface area (Å²) >= 11 is 0. The number of rotatable bonds is 7.